The van der Waals surface area contributed by atoms with Crippen molar-refractivity contribution in [2.24, 2.45) is 0 Å². The monoisotopic (exact) mass is 385 g/mol. The van der Waals surface area contributed by atoms with E-state index in [9.17, 15) is 8.42 Å². The molecule has 2 aromatic rings. The average Bonchev–Trinajstić information content (AvgIpc) is 2.49. The summed E-state index contributed by atoms with van der Waals surface area (Å²) in [5, 5.41) is 0. The molecular formula is C15H16BrNO4S. The molecule has 0 aliphatic rings. The van der Waals surface area contributed by atoms with Gasteiger partial charge in [0.1, 0.15) is 16.4 Å². The van der Waals surface area contributed by atoms with Crippen LogP contribution in [0.4, 0.5) is 5.69 Å². The van der Waals surface area contributed by atoms with Gasteiger partial charge in [-0.05, 0) is 37.3 Å². The summed E-state index contributed by atoms with van der Waals surface area (Å²) in [6, 6.07) is 11.6. The van der Waals surface area contributed by atoms with Gasteiger partial charge in [0.2, 0.25) is 0 Å². The summed E-state index contributed by atoms with van der Waals surface area (Å²) in [4.78, 5) is 0.0755. The molecule has 0 fully saturated rings. The smallest absolute Gasteiger partial charge is 0.265 e. The third-order valence-electron chi connectivity index (χ3n) is 2.82. The SMILES string of the molecule is CCOc1ccc(Br)cc1S(=O)(=O)Nc1cccc(OC)c1. The second-order valence-electron chi connectivity index (χ2n) is 4.36. The largest absolute Gasteiger partial charge is 0.497 e. The van der Waals surface area contributed by atoms with Crippen molar-refractivity contribution in [1.29, 1.82) is 0 Å². The van der Waals surface area contributed by atoms with Gasteiger partial charge >= 0.3 is 0 Å². The zero-order chi connectivity index (χ0) is 16.2. The van der Waals surface area contributed by atoms with Crippen LogP contribution in [0.25, 0.3) is 0 Å². The Morgan fingerprint density at radius 2 is 1.95 bits per heavy atom. The van der Waals surface area contributed by atoms with Crippen molar-refractivity contribution in [3.05, 3.63) is 46.9 Å². The van der Waals surface area contributed by atoms with E-state index in [2.05, 4.69) is 20.7 Å². The first-order valence-electron chi connectivity index (χ1n) is 6.55. The molecule has 22 heavy (non-hydrogen) atoms. The lowest BCUT2D eigenvalue weighted by molar-refractivity contribution is 0.331. The normalized spacial score (nSPS) is 11.0. The van der Waals surface area contributed by atoms with Crippen LogP contribution in [0.5, 0.6) is 11.5 Å². The quantitative estimate of drug-likeness (QED) is 0.823. The van der Waals surface area contributed by atoms with Gasteiger partial charge in [0, 0.05) is 10.5 Å². The summed E-state index contributed by atoms with van der Waals surface area (Å²) in [7, 11) is -2.25. The molecule has 2 aromatic carbocycles. The standard InChI is InChI=1S/C15H16BrNO4S/c1-3-21-14-8-7-11(16)9-15(14)22(18,19)17-12-5-4-6-13(10-12)20-2/h4-10,17H,3H2,1-2H3. The van der Waals surface area contributed by atoms with Crippen molar-refractivity contribution in [2.45, 2.75) is 11.8 Å². The maximum absolute atomic E-state index is 12.6. The van der Waals surface area contributed by atoms with Gasteiger partial charge in [-0.25, -0.2) is 8.42 Å². The Labute approximate surface area is 138 Å². The molecule has 0 atom stereocenters. The summed E-state index contributed by atoms with van der Waals surface area (Å²) in [6.07, 6.45) is 0. The van der Waals surface area contributed by atoms with Crippen LogP contribution in [0.15, 0.2) is 51.8 Å². The van der Waals surface area contributed by atoms with Crippen LogP contribution >= 0.6 is 15.9 Å². The molecule has 0 aliphatic carbocycles. The minimum atomic E-state index is -3.77. The minimum Gasteiger partial charge on any atom is -0.497 e. The Balaban J connectivity index is 2.39. The Kier molecular flexibility index (Phi) is 5.31. The molecule has 0 amide bonds. The fraction of sp³-hybridized carbons (Fsp3) is 0.200. The van der Waals surface area contributed by atoms with E-state index in [0.717, 1.165) is 0 Å². The number of benzene rings is 2. The molecule has 0 spiro atoms. The molecule has 118 valence electrons. The molecule has 0 saturated heterocycles. The highest BCUT2D eigenvalue weighted by Gasteiger charge is 2.20. The van der Waals surface area contributed by atoms with Crippen LogP contribution in [0.3, 0.4) is 0 Å². The molecule has 0 heterocycles. The third-order valence-corrected chi connectivity index (χ3v) is 4.71. The van der Waals surface area contributed by atoms with E-state index >= 15 is 0 Å². The van der Waals surface area contributed by atoms with Gasteiger partial charge in [0.15, 0.2) is 0 Å². The third kappa shape index (κ3) is 3.92. The van der Waals surface area contributed by atoms with Crippen LogP contribution in [0, 0.1) is 0 Å². The van der Waals surface area contributed by atoms with E-state index in [0.29, 0.717) is 28.3 Å². The molecule has 2 rings (SSSR count). The number of halogens is 1. The highest BCUT2D eigenvalue weighted by molar-refractivity contribution is 9.10. The van der Waals surface area contributed by atoms with Crippen molar-refractivity contribution in [3.63, 3.8) is 0 Å². The maximum atomic E-state index is 12.6. The summed E-state index contributed by atoms with van der Waals surface area (Å²) >= 11 is 3.28. The van der Waals surface area contributed by atoms with Gasteiger partial charge < -0.3 is 9.47 Å². The van der Waals surface area contributed by atoms with E-state index in [4.69, 9.17) is 9.47 Å². The zero-order valence-electron chi connectivity index (χ0n) is 12.2. The van der Waals surface area contributed by atoms with Gasteiger partial charge in [-0.3, -0.25) is 4.72 Å². The fourth-order valence-electron chi connectivity index (χ4n) is 1.86. The van der Waals surface area contributed by atoms with Crippen LogP contribution in [-0.2, 0) is 10.0 Å². The van der Waals surface area contributed by atoms with Crippen molar-refractivity contribution >= 4 is 31.6 Å². The van der Waals surface area contributed by atoms with Crippen LogP contribution < -0.4 is 14.2 Å². The van der Waals surface area contributed by atoms with Crippen molar-refractivity contribution in [3.8, 4) is 11.5 Å². The fourth-order valence-corrected chi connectivity index (χ4v) is 3.60. The van der Waals surface area contributed by atoms with E-state index in [1.165, 1.54) is 13.2 Å². The second-order valence-corrected chi connectivity index (χ2v) is 6.93. The van der Waals surface area contributed by atoms with Gasteiger partial charge in [0.05, 0.1) is 19.4 Å². The molecule has 1 N–H and O–H groups in total. The van der Waals surface area contributed by atoms with E-state index < -0.39 is 10.0 Å². The summed E-state index contributed by atoms with van der Waals surface area (Å²) in [5.41, 5.74) is 0.418. The van der Waals surface area contributed by atoms with E-state index in [1.54, 1.807) is 43.3 Å². The van der Waals surface area contributed by atoms with Crippen molar-refractivity contribution < 1.29 is 17.9 Å². The molecule has 0 saturated carbocycles. The Morgan fingerprint density at radius 1 is 1.18 bits per heavy atom. The van der Waals surface area contributed by atoms with Crippen molar-refractivity contribution in [1.82, 2.24) is 0 Å². The number of nitrogens with one attached hydrogen (secondary N) is 1. The Bertz CT molecular complexity index is 762. The number of methoxy groups -OCH3 is 1. The van der Waals surface area contributed by atoms with Gasteiger partial charge in [-0.2, -0.15) is 0 Å². The number of sulfonamides is 1. The molecule has 0 radical (unpaired) electrons. The first kappa shape index (κ1) is 16.6. The summed E-state index contributed by atoms with van der Waals surface area (Å²) < 4.78 is 38.9. The van der Waals surface area contributed by atoms with Crippen molar-refractivity contribution in [2.75, 3.05) is 18.4 Å². The second kappa shape index (κ2) is 7.02. The summed E-state index contributed by atoms with van der Waals surface area (Å²) in [5.74, 6) is 0.876. The topological polar surface area (TPSA) is 64.6 Å². The molecule has 5 nitrogen and oxygen atoms in total. The first-order chi connectivity index (χ1) is 10.5. The molecule has 7 heteroatoms. The zero-order valence-corrected chi connectivity index (χ0v) is 14.6. The number of hydrogen-bond acceptors (Lipinski definition) is 4. The number of anilines is 1. The molecular weight excluding hydrogens is 370 g/mol. The number of ether oxygens (including phenoxy) is 2. The van der Waals surface area contributed by atoms with Crippen LogP contribution in [0.1, 0.15) is 6.92 Å². The highest BCUT2D eigenvalue weighted by atomic mass is 79.9. The Hall–Kier alpha value is -1.73. The van der Waals surface area contributed by atoms with E-state index in [-0.39, 0.29) is 4.90 Å². The highest BCUT2D eigenvalue weighted by Crippen LogP contribution is 2.29. The number of rotatable bonds is 6. The minimum absolute atomic E-state index is 0.0755. The first-order valence-corrected chi connectivity index (χ1v) is 8.83. The number of hydrogen-bond donors (Lipinski definition) is 1. The van der Waals surface area contributed by atoms with Gasteiger partial charge in [-0.15, -0.1) is 0 Å². The molecule has 0 bridgehead atoms. The van der Waals surface area contributed by atoms with E-state index in [1.807, 2.05) is 0 Å². The van der Waals surface area contributed by atoms with Gasteiger partial charge in [0.25, 0.3) is 10.0 Å². The molecule has 0 aromatic heterocycles. The summed E-state index contributed by atoms with van der Waals surface area (Å²) in [6.45, 7) is 2.18. The van der Waals surface area contributed by atoms with Crippen LogP contribution in [0.2, 0.25) is 0 Å². The average molecular weight is 386 g/mol. The Morgan fingerprint density at radius 3 is 2.64 bits per heavy atom. The lowest BCUT2D eigenvalue weighted by Gasteiger charge is -2.13. The molecule has 0 unspecified atom stereocenters. The maximum Gasteiger partial charge on any atom is 0.265 e. The van der Waals surface area contributed by atoms with Gasteiger partial charge in [-0.1, -0.05) is 22.0 Å². The predicted molar refractivity (Wildman–Crippen MR) is 89.1 cm³/mol. The predicted octanol–water partition coefficient (Wildman–Crippen LogP) is 3.66. The van der Waals surface area contributed by atoms with Crippen LogP contribution in [-0.4, -0.2) is 22.1 Å². The molecule has 0 aliphatic heterocycles. The lowest BCUT2D eigenvalue weighted by atomic mass is 10.3. The lowest BCUT2D eigenvalue weighted by Crippen LogP contribution is -2.14.